The van der Waals surface area contributed by atoms with Crippen LogP contribution in [0.4, 0.5) is 0 Å². The third-order valence-corrected chi connectivity index (χ3v) is 1.88. The van der Waals surface area contributed by atoms with E-state index in [2.05, 4.69) is 19.2 Å². The molecule has 1 amide bonds. The monoisotopic (exact) mass is 207 g/mol. The fourth-order valence-electron chi connectivity index (χ4n) is 0.822. The third-order valence-electron chi connectivity index (χ3n) is 1.88. The standard InChI is InChI=1S/C9H11NO.C4H10/c1-8(11)10-7-9-5-3-2-4-6-9;1-3-4-2/h2-6H,7H2,1H3,(H,10,11);3-4H2,1-2H3. The Hall–Kier alpha value is -1.31. The summed E-state index contributed by atoms with van der Waals surface area (Å²) >= 11 is 0. The number of carbonyl (C=O) groups is 1. The van der Waals surface area contributed by atoms with E-state index in [1.807, 2.05) is 30.3 Å². The van der Waals surface area contributed by atoms with E-state index in [0.29, 0.717) is 6.54 Å². The molecule has 0 atom stereocenters. The van der Waals surface area contributed by atoms with Crippen molar-refractivity contribution in [3.05, 3.63) is 35.9 Å². The molecule has 0 radical (unpaired) electrons. The van der Waals surface area contributed by atoms with Gasteiger partial charge in [-0.1, -0.05) is 57.0 Å². The maximum absolute atomic E-state index is 10.5. The highest BCUT2D eigenvalue weighted by Crippen LogP contribution is 1.96. The van der Waals surface area contributed by atoms with E-state index < -0.39 is 0 Å². The molecule has 1 aromatic carbocycles. The summed E-state index contributed by atoms with van der Waals surface area (Å²) in [5.74, 6) is 0.00820. The minimum Gasteiger partial charge on any atom is -0.352 e. The predicted octanol–water partition coefficient (Wildman–Crippen LogP) is 3.13. The molecule has 0 fully saturated rings. The van der Waals surface area contributed by atoms with Crippen LogP contribution in [0.5, 0.6) is 0 Å². The first-order chi connectivity index (χ1) is 7.20. The summed E-state index contributed by atoms with van der Waals surface area (Å²) in [6.07, 6.45) is 2.64. The Labute approximate surface area is 92.7 Å². The van der Waals surface area contributed by atoms with Crippen LogP contribution >= 0.6 is 0 Å². The molecule has 0 bridgehead atoms. The van der Waals surface area contributed by atoms with Gasteiger partial charge in [-0.3, -0.25) is 4.79 Å². The lowest BCUT2D eigenvalue weighted by molar-refractivity contribution is -0.119. The lowest BCUT2D eigenvalue weighted by Gasteiger charge is -2.00. The lowest BCUT2D eigenvalue weighted by Crippen LogP contribution is -2.18. The minimum atomic E-state index is 0.00820. The zero-order chi connectivity index (χ0) is 11.5. The van der Waals surface area contributed by atoms with Crippen molar-refractivity contribution >= 4 is 5.91 Å². The Morgan fingerprint density at radius 2 is 1.67 bits per heavy atom. The summed E-state index contributed by atoms with van der Waals surface area (Å²) in [4.78, 5) is 10.5. The van der Waals surface area contributed by atoms with E-state index >= 15 is 0 Å². The van der Waals surface area contributed by atoms with Crippen LogP contribution in [-0.2, 0) is 11.3 Å². The maximum atomic E-state index is 10.5. The zero-order valence-corrected chi connectivity index (χ0v) is 9.92. The van der Waals surface area contributed by atoms with Crippen LogP contribution in [0.1, 0.15) is 39.2 Å². The molecule has 1 rings (SSSR count). The molecule has 0 unspecified atom stereocenters. The van der Waals surface area contributed by atoms with Crippen molar-refractivity contribution in [1.82, 2.24) is 5.32 Å². The van der Waals surface area contributed by atoms with Crippen LogP contribution in [0.3, 0.4) is 0 Å². The largest absolute Gasteiger partial charge is 0.352 e. The molecule has 15 heavy (non-hydrogen) atoms. The smallest absolute Gasteiger partial charge is 0.217 e. The van der Waals surface area contributed by atoms with Gasteiger partial charge in [-0.15, -0.1) is 0 Å². The van der Waals surface area contributed by atoms with Gasteiger partial charge in [0.15, 0.2) is 0 Å². The average molecular weight is 207 g/mol. The number of rotatable bonds is 3. The molecule has 2 nitrogen and oxygen atoms in total. The van der Waals surface area contributed by atoms with Crippen molar-refractivity contribution in [3.63, 3.8) is 0 Å². The number of hydrogen-bond acceptors (Lipinski definition) is 1. The molecule has 1 aromatic rings. The van der Waals surface area contributed by atoms with Gasteiger partial charge in [0.05, 0.1) is 0 Å². The summed E-state index contributed by atoms with van der Waals surface area (Å²) in [5, 5.41) is 2.72. The van der Waals surface area contributed by atoms with Gasteiger partial charge < -0.3 is 5.32 Å². The molecule has 0 aliphatic rings. The molecular formula is C13H21NO. The fraction of sp³-hybridized carbons (Fsp3) is 0.462. The number of amides is 1. The number of unbranched alkanes of at least 4 members (excludes halogenated alkanes) is 1. The highest BCUT2D eigenvalue weighted by Gasteiger charge is 1.91. The Balaban J connectivity index is 0.000000423. The zero-order valence-electron chi connectivity index (χ0n) is 9.92. The van der Waals surface area contributed by atoms with Crippen LogP contribution in [-0.4, -0.2) is 5.91 Å². The van der Waals surface area contributed by atoms with E-state index in [9.17, 15) is 4.79 Å². The summed E-state index contributed by atoms with van der Waals surface area (Å²) in [5.41, 5.74) is 1.13. The Bertz CT molecular complexity index is 254. The van der Waals surface area contributed by atoms with Crippen molar-refractivity contribution in [2.45, 2.75) is 40.2 Å². The molecule has 0 spiro atoms. The summed E-state index contributed by atoms with van der Waals surface area (Å²) in [6.45, 7) is 6.50. The van der Waals surface area contributed by atoms with Gasteiger partial charge >= 0.3 is 0 Å². The normalized spacial score (nSPS) is 8.73. The molecule has 0 saturated heterocycles. The van der Waals surface area contributed by atoms with Crippen molar-refractivity contribution in [1.29, 1.82) is 0 Å². The van der Waals surface area contributed by atoms with Crippen molar-refractivity contribution in [3.8, 4) is 0 Å². The second-order valence-electron chi connectivity index (χ2n) is 3.40. The Morgan fingerprint density at radius 3 is 2.07 bits per heavy atom. The SMILES string of the molecule is CC(=O)NCc1ccccc1.CCCC. The molecule has 2 heteroatoms. The van der Waals surface area contributed by atoms with Crippen LogP contribution < -0.4 is 5.32 Å². The molecule has 0 aromatic heterocycles. The van der Waals surface area contributed by atoms with Gasteiger partial charge in [0.25, 0.3) is 0 Å². The van der Waals surface area contributed by atoms with Gasteiger partial charge in [0.2, 0.25) is 5.91 Å². The molecule has 1 N–H and O–H groups in total. The average Bonchev–Trinajstić information content (AvgIpc) is 2.28. The molecule has 0 heterocycles. The Kier molecular flexibility index (Phi) is 8.44. The van der Waals surface area contributed by atoms with Crippen LogP contribution in [0, 0.1) is 0 Å². The van der Waals surface area contributed by atoms with Gasteiger partial charge in [-0.2, -0.15) is 0 Å². The van der Waals surface area contributed by atoms with Crippen LogP contribution in [0.2, 0.25) is 0 Å². The quantitative estimate of drug-likeness (QED) is 0.810. The number of hydrogen-bond donors (Lipinski definition) is 1. The summed E-state index contributed by atoms with van der Waals surface area (Å²) in [6, 6.07) is 9.83. The van der Waals surface area contributed by atoms with Gasteiger partial charge in [-0.25, -0.2) is 0 Å². The molecule has 0 saturated carbocycles. The van der Waals surface area contributed by atoms with Gasteiger partial charge in [0.1, 0.15) is 0 Å². The third kappa shape index (κ3) is 9.01. The highest BCUT2D eigenvalue weighted by molar-refractivity contribution is 5.72. The van der Waals surface area contributed by atoms with E-state index in [4.69, 9.17) is 0 Å². The van der Waals surface area contributed by atoms with Crippen LogP contribution in [0.25, 0.3) is 0 Å². The maximum Gasteiger partial charge on any atom is 0.217 e. The molecule has 0 aliphatic heterocycles. The first kappa shape index (κ1) is 13.7. The second kappa shape index (κ2) is 9.25. The summed E-state index contributed by atoms with van der Waals surface area (Å²) < 4.78 is 0. The highest BCUT2D eigenvalue weighted by atomic mass is 16.1. The van der Waals surface area contributed by atoms with E-state index in [0.717, 1.165) is 5.56 Å². The van der Waals surface area contributed by atoms with E-state index in [1.54, 1.807) is 0 Å². The second-order valence-corrected chi connectivity index (χ2v) is 3.40. The minimum absolute atomic E-state index is 0.00820. The topological polar surface area (TPSA) is 29.1 Å². The van der Waals surface area contributed by atoms with E-state index in [-0.39, 0.29) is 5.91 Å². The molecule has 84 valence electrons. The van der Waals surface area contributed by atoms with Gasteiger partial charge in [-0.05, 0) is 5.56 Å². The van der Waals surface area contributed by atoms with Crippen molar-refractivity contribution in [2.75, 3.05) is 0 Å². The number of benzene rings is 1. The molecule has 0 aliphatic carbocycles. The first-order valence-electron chi connectivity index (χ1n) is 5.49. The van der Waals surface area contributed by atoms with Crippen LogP contribution in [0.15, 0.2) is 30.3 Å². The van der Waals surface area contributed by atoms with Crippen molar-refractivity contribution < 1.29 is 4.79 Å². The predicted molar refractivity (Wildman–Crippen MR) is 64.5 cm³/mol. The lowest BCUT2D eigenvalue weighted by atomic mass is 10.2. The van der Waals surface area contributed by atoms with Gasteiger partial charge in [0, 0.05) is 13.5 Å². The van der Waals surface area contributed by atoms with Crippen molar-refractivity contribution in [2.24, 2.45) is 0 Å². The summed E-state index contributed by atoms with van der Waals surface area (Å²) in [7, 11) is 0. The molecular weight excluding hydrogens is 186 g/mol. The van der Waals surface area contributed by atoms with E-state index in [1.165, 1.54) is 19.8 Å². The Morgan fingerprint density at radius 1 is 1.13 bits per heavy atom. The fourth-order valence-corrected chi connectivity index (χ4v) is 0.822. The number of carbonyl (C=O) groups excluding carboxylic acids is 1. The number of nitrogens with one attached hydrogen (secondary N) is 1. The first-order valence-corrected chi connectivity index (χ1v) is 5.49.